The van der Waals surface area contributed by atoms with E-state index in [2.05, 4.69) is 31.8 Å². The summed E-state index contributed by atoms with van der Waals surface area (Å²) in [6.45, 7) is 5.34. The fourth-order valence-corrected chi connectivity index (χ4v) is 1.94. The molecule has 6 heteroatoms. The van der Waals surface area contributed by atoms with Crippen LogP contribution in [0.3, 0.4) is 0 Å². The van der Waals surface area contributed by atoms with Crippen LogP contribution < -0.4 is 15.5 Å². The van der Waals surface area contributed by atoms with Gasteiger partial charge in [0.05, 0.1) is 17.3 Å². The molecule has 4 nitrogen and oxygen atoms in total. The highest BCUT2D eigenvalue weighted by atomic mass is 79.9. The molecule has 0 aromatic heterocycles. The van der Waals surface area contributed by atoms with Gasteiger partial charge in [-0.3, -0.25) is 5.43 Å². The van der Waals surface area contributed by atoms with Crippen LogP contribution in [0, 0.1) is 0 Å². The molecule has 1 aromatic carbocycles. The number of nitrogens with zero attached hydrogens (tertiary/aromatic N) is 1. The largest absolute Gasteiger partial charge is 0.493 e. The van der Waals surface area contributed by atoms with Gasteiger partial charge in [-0.05, 0) is 65.8 Å². The Hall–Kier alpha value is -1.14. The number of rotatable bonds is 5. The molecule has 0 fully saturated rings. The van der Waals surface area contributed by atoms with Crippen molar-refractivity contribution in [2.45, 2.75) is 13.8 Å². The van der Waals surface area contributed by atoms with Gasteiger partial charge >= 0.3 is 0 Å². The Bertz CT molecular complexity index is 437. The first kappa shape index (κ1) is 14.9. The predicted octanol–water partition coefficient (Wildman–Crippen LogP) is 2.67. The van der Waals surface area contributed by atoms with Gasteiger partial charge in [0.15, 0.2) is 5.11 Å². The van der Waals surface area contributed by atoms with Gasteiger partial charge in [0.1, 0.15) is 5.75 Å². The normalized spacial score (nSPS) is 10.4. The van der Waals surface area contributed by atoms with E-state index >= 15 is 0 Å². The lowest BCUT2D eigenvalue weighted by Crippen LogP contribution is -2.31. The number of nitrogens with one attached hydrogen (secondary N) is 2. The molecule has 0 heterocycles. The summed E-state index contributed by atoms with van der Waals surface area (Å²) in [4.78, 5) is 0. The minimum atomic E-state index is 0.513. The van der Waals surface area contributed by atoms with E-state index < -0.39 is 0 Å². The highest BCUT2D eigenvalue weighted by molar-refractivity contribution is 9.10. The van der Waals surface area contributed by atoms with Crippen LogP contribution in [0.1, 0.15) is 19.4 Å². The summed E-state index contributed by atoms with van der Waals surface area (Å²) in [5.74, 6) is 0.825. The molecule has 0 spiro atoms. The van der Waals surface area contributed by atoms with Crippen molar-refractivity contribution in [3.63, 3.8) is 0 Å². The molecule has 2 N–H and O–H groups in total. The summed E-state index contributed by atoms with van der Waals surface area (Å²) in [6.07, 6.45) is 1.70. The van der Waals surface area contributed by atoms with E-state index in [1.807, 2.05) is 32.0 Å². The van der Waals surface area contributed by atoms with Crippen LogP contribution in [-0.4, -0.2) is 24.5 Å². The molecule has 18 heavy (non-hydrogen) atoms. The number of hydrazone groups is 1. The van der Waals surface area contributed by atoms with Gasteiger partial charge in [0, 0.05) is 6.54 Å². The van der Waals surface area contributed by atoms with Crippen LogP contribution in [0.25, 0.3) is 0 Å². The van der Waals surface area contributed by atoms with Crippen molar-refractivity contribution in [3.05, 3.63) is 28.2 Å². The first-order valence-electron chi connectivity index (χ1n) is 5.66. The molecule has 0 saturated carbocycles. The standard InChI is InChI=1S/C12H16BrN3OS/c1-3-14-12(18)16-15-8-9-5-6-11(17-4-2)10(13)7-9/h5-8H,3-4H2,1-2H3,(H2,14,16,18)/b15-8-. The second-order valence-electron chi connectivity index (χ2n) is 3.35. The zero-order valence-corrected chi connectivity index (χ0v) is 12.8. The molecule has 1 rings (SSSR count). The van der Waals surface area contributed by atoms with Crippen molar-refractivity contribution in [3.8, 4) is 5.75 Å². The Balaban J connectivity index is 2.60. The third-order valence-electron chi connectivity index (χ3n) is 1.97. The summed E-state index contributed by atoms with van der Waals surface area (Å²) >= 11 is 8.43. The molecule has 0 unspecified atom stereocenters. The molecule has 1 aromatic rings. The average molecular weight is 330 g/mol. The molecule has 0 atom stereocenters. The lowest BCUT2D eigenvalue weighted by Gasteiger charge is -2.06. The van der Waals surface area contributed by atoms with Crippen LogP contribution in [-0.2, 0) is 0 Å². The SMILES string of the molecule is CCNC(=S)N/N=C\c1ccc(OCC)c(Br)c1. The third-order valence-corrected chi connectivity index (χ3v) is 2.83. The zero-order valence-electron chi connectivity index (χ0n) is 10.4. The molecule has 0 aliphatic rings. The molecule has 0 saturated heterocycles. The third kappa shape index (κ3) is 5.01. The average Bonchev–Trinajstić information content (AvgIpc) is 2.33. The highest BCUT2D eigenvalue weighted by Gasteiger charge is 2.00. The molecule has 0 aliphatic heterocycles. The van der Waals surface area contributed by atoms with Crippen molar-refractivity contribution in [2.24, 2.45) is 5.10 Å². The highest BCUT2D eigenvalue weighted by Crippen LogP contribution is 2.25. The molecule has 0 radical (unpaired) electrons. The second kappa shape index (κ2) is 8.05. The summed E-state index contributed by atoms with van der Waals surface area (Å²) < 4.78 is 6.33. The van der Waals surface area contributed by atoms with Crippen LogP contribution in [0.5, 0.6) is 5.75 Å². The van der Waals surface area contributed by atoms with Gasteiger partial charge in [-0.25, -0.2) is 0 Å². The molecule has 0 bridgehead atoms. The number of hydrogen-bond donors (Lipinski definition) is 2. The summed E-state index contributed by atoms with van der Waals surface area (Å²) in [7, 11) is 0. The molecular weight excluding hydrogens is 314 g/mol. The number of hydrogen-bond acceptors (Lipinski definition) is 3. The number of ether oxygens (including phenoxy) is 1. The predicted molar refractivity (Wildman–Crippen MR) is 82.3 cm³/mol. The Morgan fingerprint density at radius 1 is 1.50 bits per heavy atom. The van der Waals surface area contributed by atoms with Crippen molar-refractivity contribution in [2.75, 3.05) is 13.2 Å². The van der Waals surface area contributed by atoms with Crippen LogP contribution >= 0.6 is 28.1 Å². The number of halogens is 1. The van der Waals surface area contributed by atoms with E-state index in [1.165, 1.54) is 0 Å². The lowest BCUT2D eigenvalue weighted by molar-refractivity contribution is 0.338. The molecular formula is C12H16BrN3OS. The van der Waals surface area contributed by atoms with E-state index in [4.69, 9.17) is 17.0 Å². The first-order chi connectivity index (χ1) is 8.67. The molecule has 0 amide bonds. The fourth-order valence-electron chi connectivity index (χ4n) is 1.24. The van der Waals surface area contributed by atoms with Gasteiger partial charge in [0.2, 0.25) is 0 Å². The van der Waals surface area contributed by atoms with Gasteiger partial charge in [0.25, 0.3) is 0 Å². The Morgan fingerprint density at radius 3 is 2.89 bits per heavy atom. The van der Waals surface area contributed by atoms with E-state index in [0.29, 0.717) is 11.7 Å². The summed E-state index contributed by atoms with van der Waals surface area (Å²) in [6, 6.07) is 5.77. The van der Waals surface area contributed by atoms with E-state index in [1.54, 1.807) is 6.21 Å². The number of benzene rings is 1. The molecule has 98 valence electrons. The van der Waals surface area contributed by atoms with Crippen LogP contribution in [0.15, 0.2) is 27.8 Å². The van der Waals surface area contributed by atoms with Crippen molar-refractivity contribution >= 4 is 39.5 Å². The van der Waals surface area contributed by atoms with Gasteiger partial charge in [-0.1, -0.05) is 0 Å². The first-order valence-corrected chi connectivity index (χ1v) is 6.86. The molecule has 0 aliphatic carbocycles. The summed E-state index contributed by atoms with van der Waals surface area (Å²) in [5.41, 5.74) is 3.69. The van der Waals surface area contributed by atoms with Crippen LogP contribution in [0.2, 0.25) is 0 Å². The van der Waals surface area contributed by atoms with Crippen molar-refractivity contribution in [1.82, 2.24) is 10.7 Å². The zero-order chi connectivity index (χ0) is 13.4. The van der Waals surface area contributed by atoms with E-state index in [9.17, 15) is 0 Å². The van der Waals surface area contributed by atoms with Gasteiger partial charge in [-0.2, -0.15) is 5.10 Å². The van der Waals surface area contributed by atoms with Crippen molar-refractivity contribution in [1.29, 1.82) is 0 Å². The second-order valence-corrected chi connectivity index (χ2v) is 4.61. The minimum absolute atomic E-state index is 0.513. The van der Waals surface area contributed by atoms with Gasteiger partial charge < -0.3 is 10.1 Å². The monoisotopic (exact) mass is 329 g/mol. The Labute approximate surface area is 121 Å². The maximum atomic E-state index is 5.43. The van der Waals surface area contributed by atoms with Gasteiger partial charge in [-0.15, -0.1) is 0 Å². The fraction of sp³-hybridized carbons (Fsp3) is 0.333. The van der Waals surface area contributed by atoms with E-state index in [-0.39, 0.29) is 0 Å². The van der Waals surface area contributed by atoms with Crippen LogP contribution in [0.4, 0.5) is 0 Å². The quantitative estimate of drug-likeness (QED) is 0.495. The lowest BCUT2D eigenvalue weighted by atomic mass is 10.2. The van der Waals surface area contributed by atoms with E-state index in [0.717, 1.165) is 22.3 Å². The minimum Gasteiger partial charge on any atom is -0.493 e. The Morgan fingerprint density at radius 2 is 2.28 bits per heavy atom. The van der Waals surface area contributed by atoms with Crippen molar-refractivity contribution < 1.29 is 4.74 Å². The smallest absolute Gasteiger partial charge is 0.186 e. The Kier molecular flexibility index (Phi) is 6.67. The maximum absolute atomic E-state index is 5.43. The maximum Gasteiger partial charge on any atom is 0.186 e. The number of thiocarbonyl (C=S) groups is 1. The topological polar surface area (TPSA) is 45.7 Å². The summed E-state index contributed by atoms with van der Waals surface area (Å²) in [5, 5.41) is 7.50.